The van der Waals surface area contributed by atoms with Crippen LogP contribution in [0.3, 0.4) is 0 Å². The maximum atomic E-state index is 13.2. The minimum Gasteiger partial charge on any atom is -0.469 e. The molecule has 0 radical (unpaired) electrons. The highest BCUT2D eigenvalue weighted by atomic mass is 35.5. The lowest BCUT2D eigenvalue weighted by molar-refractivity contribution is -0.156. The van der Waals surface area contributed by atoms with Crippen molar-refractivity contribution in [3.8, 4) is 0 Å². The number of aliphatic hydroxyl groups is 1. The number of rotatable bonds is 6. The van der Waals surface area contributed by atoms with Crippen molar-refractivity contribution in [2.45, 2.75) is 38.7 Å². The zero-order valence-corrected chi connectivity index (χ0v) is 12.7. The summed E-state index contributed by atoms with van der Waals surface area (Å²) in [5, 5.41) is 10.6. The first-order valence-corrected chi connectivity index (χ1v) is 6.98. The van der Waals surface area contributed by atoms with E-state index in [1.165, 1.54) is 32.2 Å². The average Bonchev–Trinajstić information content (AvgIpc) is 2.41. The van der Waals surface area contributed by atoms with Crippen molar-refractivity contribution < 1.29 is 19.0 Å². The highest BCUT2D eigenvalue weighted by Gasteiger charge is 2.39. The van der Waals surface area contributed by atoms with Crippen LogP contribution in [0.4, 0.5) is 4.39 Å². The number of carbonyl (C=O) groups excluding carboxylic acids is 1. The van der Waals surface area contributed by atoms with E-state index >= 15 is 0 Å². The molecule has 0 aliphatic carbocycles. The molecule has 0 amide bonds. The summed E-state index contributed by atoms with van der Waals surface area (Å²) in [5.41, 5.74) is -1.06. The monoisotopic (exact) mass is 302 g/mol. The van der Waals surface area contributed by atoms with Gasteiger partial charge in [0.1, 0.15) is 11.4 Å². The predicted octanol–water partition coefficient (Wildman–Crippen LogP) is 3.67. The highest BCUT2D eigenvalue weighted by molar-refractivity contribution is 6.30. The number of methoxy groups -OCH3 is 1. The predicted molar refractivity (Wildman–Crippen MR) is 76.0 cm³/mol. The van der Waals surface area contributed by atoms with Crippen LogP contribution in [0.2, 0.25) is 5.02 Å². The molecule has 1 N–H and O–H groups in total. The number of hydrogen-bond acceptors (Lipinski definition) is 3. The maximum Gasteiger partial charge on any atom is 0.311 e. The summed E-state index contributed by atoms with van der Waals surface area (Å²) >= 11 is 5.74. The Balaban J connectivity index is 3.13. The number of halogens is 2. The van der Waals surface area contributed by atoms with Crippen LogP contribution in [0.25, 0.3) is 0 Å². The maximum absolute atomic E-state index is 13.2. The number of unbranched alkanes of at least 4 members (excludes halogenated alkanes) is 1. The van der Waals surface area contributed by atoms with Gasteiger partial charge in [0.15, 0.2) is 0 Å². The first kappa shape index (κ1) is 16.9. The van der Waals surface area contributed by atoms with E-state index in [9.17, 15) is 14.3 Å². The van der Waals surface area contributed by atoms with Gasteiger partial charge in [-0.3, -0.25) is 4.79 Å². The van der Waals surface area contributed by atoms with Crippen molar-refractivity contribution in [3.63, 3.8) is 0 Å². The molecule has 1 rings (SSSR count). The molecule has 0 aliphatic rings. The van der Waals surface area contributed by atoms with Crippen LogP contribution in [0, 0.1) is 11.7 Å². The zero-order chi connectivity index (χ0) is 15.3. The molecular weight excluding hydrogens is 283 g/mol. The first-order chi connectivity index (χ1) is 9.34. The fourth-order valence-electron chi connectivity index (χ4n) is 2.19. The molecule has 112 valence electrons. The van der Waals surface area contributed by atoms with Crippen molar-refractivity contribution in [2.75, 3.05) is 7.11 Å². The van der Waals surface area contributed by atoms with Gasteiger partial charge in [0, 0.05) is 0 Å². The van der Waals surface area contributed by atoms with Gasteiger partial charge in [-0.2, -0.15) is 0 Å². The standard InChI is InChI=1S/C15H20ClFO3/c1-4-5-6-11(14(18)20-3)15(2,19)10-7-8-13(17)12(16)9-10/h7-9,11,19H,4-6H2,1-3H3. The topological polar surface area (TPSA) is 46.5 Å². The Bertz CT molecular complexity index is 474. The van der Waals surface area contributed by atoms with E-state index in [-0.39, 0.29) is 5.02 Å². The third-order valence-corrected chi connectivity index (χ3v) is 3.80. The summed E-state index contributed by atoms with van der Waals surface area (Å²) in [7, 11) is 1.29. The second kappa shape index (κ2) is 7.04. The Morgan fingerprint density at radius 2 is 2.20 bits per heavy atom. The first-order valence-electron chi connectivity index (χ1n) is 6.60. The van der Waals surface area contributed by atoms with Gasteiger partial charge in [-0.15, -0.1) is 0 Å². The second-order valence-corrected chi connectivity index (χ2v) is 5.40. The third-order valence-electron chi connectivity index (χ3n) is 3.51. The lowest BCUT2D eigenvalue weighted by atomic mass is 9.80. The fourth-order valence-corrected chi connectivity index (χ4v) is 2.37. The smallest absolute Gasteiger partial charge is 0.311 e. The van der Waals surface area contributed by atoms with E-state index in [0.29, 0.717) is 12.0 Å². The van der Waals surface area contributed by atoms with Crippen LogP contribution < -0.4 is 0 Å². The molecule has 0 saturated carbocycles. The van der Waals surface area contributed by atoms with Gasteiger partial charge in [-0.05, 0) is 31.0 Å². The molecule has 3 nitrogen and oxygen atoms in total. The molecule has 20 heavy (non-hydrogen) atoms. The molecule has 2 atom stereocenters. The summed E-state index contributed by atoms with van der Waals surface area (Å²) in [5.74, 6) is -1.76. The molecule has 0 saturated heterocycles. The van der Waals surface area contributed by atoms with Crippen LogP contribution >= 0.6 is 11.6 Å². The van der Waals surface area contributed by atoms with Gasteiger partial charge in [0.05, 0.1) is 18.1 Å². The van der Waals surface area contributed by atoms with Crippen molar-refractivity contribution in [1.82, 2.24) is 0 Å². The van der Waals surface area contributed by atoms with Gasteiger partial charge < -0.3 is 9.84 Å². The molecule has 1 aromatic carbocycles. The molecule has 2 unspecified atom stereocenters. The summed E-state index contributed by atoms with van der Waals surface area (Å²) in [6, 6.07) is 3.96. The molecule has 1 aromatic rings. The van der Waals surface area contributed by atoms with Gasteiger partial charge in [0.25, 0.3) is 0 Å². The number of esters is 1. The molecule has 0 aromatic heterocycles. The molecule has 0 heterocycles. The number of carbonyl (C=O) groups is 1. The summed E-state index contributed by atoms with van der Waals surface area (Å²) in [6.07, 6.45) is 2.17. The van der Waals surface area contributed by atoms with Gasteiger partial charge >= 0.3 is 5.97 Å². The quantitative estimate of drug-likeness (QED) is 0.816. The molecule has 0 aliphatic heterocycles. The third kappa shape index (κ3) is 3.70. The van der Waals surface area contributed by atoms with Crippen LogP contribution in [0.1, 0.15) is 38.7 Å². The molecule has 0 spiro atoms. The summed E-state index contributed by atoms with van der Waals surface area (Å²) < 4.78 is 18.0. The fraction of sp³-hybridized carbons (Fsp3) is 0.533. The minimum atomic E-state index is -1.46. The van der Waals surface area contributed by atoms with E-state index < -0.39 is 23.3 Å². The van der Waals surface area contributed by atoms with Crippen LogP contribution in [0.5, 0.6) is 0 Å². The normalized spacial score (nSPS) is 15.5. The Labute approximate surface area is 123 Å². The van der Waals surface area contributed by atoms with Gasteiger partial charge in [0.2, 0.25) is 0 Å². The Hall–Kier alpha value is -1.13. The van der Waals surface area contributed by atoms with E-state index in [1.807, 2.05) is 6.92 Å². The molecule has 5 heteroatoms. The van der Waals surface area contributed by atoms with Crippen LogP contribution in [-0.4, -0.2) is 18.2 Å². The lowest BCUT2D eigenvalue weighted by Crippen LogP contribution is -2.38. The zero-order valence-electron chi connectivity index (χ0n) is 12.0. The van der Waals surface area contributed by atoms with Crippen LogP contribution in [0.15, 0.2) is 18.2 Å². The van der Waals surface area contributed by atoms with Crippen molar-refractivity contribution in [2.24, 2.45) is 5.92 Å². The van der Waals surface area contributed by atoms with E-state index in [2.05, 4.69) is 0 Å². The Morgan fingerprint density at radius 3 is 2.70 bits per heavy atom. The van der Waals surface area contributed by atoms with E-state index in [1.54, 1.807) is 0 Å². The van der Waals surface area contributed by atoms with Crippen molar-refractivity contribution in [1.29, 1.82) is 0 Å². The van der Waals surface area contributed by atoms with E-state index in [4.69, 9.17) is 16.3 Å². The Kier molecular flexibility index (Phi) is 5.96. The summed E-state index contributed by atoms with van der Waals surface area (Å²) in [4.78, 5) is 11.9. The SMILES string of the molecule is CCCCC(C(=O)OC)C(C)(O)c1ccc(F)c(Cl)c1. The van der Waals surface area contributed by atoms with E-state index in [0.717, 1.165) is 12.8 Å². The Morgan fingerprint density at radius 1 is 1.55 bits per heavy atom. The molecule has 0 fully saturated rings. The molecular formula is C15H20ClFO3. The number of benzene rings is 1. The minimum absolute atomic E-state index is 0.0816. The second-order valence-electron chi connectivity index (χ2n) is 4.99. The van der Waals surface area contributed by atoms with Crippen LogP contribution in [-0.2, 0) is 15.1 Å². The largest absolute Gasteiger partial charge is 0.469 e. The lowest BCUT2D eigenvalue weighted by Gasteiger charge is -2.31. The highest BCUT2D eigenvalue weighted by Crippen LogP contribution is 2.35. The van der Waals surface area contributed by atoms with Crippen molar-refractivity contribution >= 4 is 17.6 Å². The van der Waals surface area contributed by atoms with Gasteiger partial charge in [-0.1, -0.05) is 37.4 Å². The number of hydrogen-bond donors (Lipinski definition) is 1. The molecule has 0 bridgehead atoms. The summed E-state index contributed by atoms with van der Waals surface area (Å²) in [6.45, 7) is 3.52. The number of ether oxygens (including phenoxy) is 1. The average molecular weight is 303 g/mol. The van der Waals surface area contributed by atoms with Crippen molar-refractivity contribution in [3.05, 3.63) is 34.6 Å². The van der Waals surface area contributed by atoms with Gasteiger partial charge in [-0.25, -0.2) is 4.39 Å².